The average molecular weight is 408 g/mol. The first kappa shape index (κ1) is 19.0. The lowest BCUT2D eigenvalue weighted by molar-refractivity contribution is -0.116. The molecule has 4 rings (SSSR count). The third-order valence-corrected chi connectivity index (χ3v) is 4.85. The number of carbonyl (C=O) groups excluding carboxylic acids is 1. The molecule has 0 fully saturated rings. The normalized spacial score (nSPS) is 11.3. The number of hydrogen-bond donors (Lipinski definition) is 2. The first-order chi connectivity index (χ1) is 13.9. The largest absolute Gasteiger partial charge is 0.323 e. The molecule has 0 unspecified atom stereocenters. The van der Waals surface area contributed by atoms with Crippen molar-refractivity contribution >= 4 is 34.8 Å². The van der Waals surface area contributed by atoms with E-state index in [2.05, 4.69) is 25.6 Å². The summed E-state index contributed by atoms with van der Waals surface area (Å²) in [7, 11) is 0. The predicted molar refractivity (Wildman–Crippen MR) is 114 cm³/mol. The third-order valence-electron chi connectivity index (χ3n) is 4.54. The number of benzene rings is 1. The summed E-state index contributed by atoms with van der Waals surface area (Å²) in [5.41, 5.74) is 3.40. The number of carbonyl (C=O) groups is 1. The number of anilines is 1. The van der Waals surface area contributed by atoms with Crippen LogP contribution in [0, 0.1) is 11.7 Å². The van der Waals surface area contributed by atoms with Gasteiger partial charge in [-0.2, -0.15) is 10.2 Å². The van der Waals surface area contributed by atoms with Crippen molar-refractivity contribution in [2.24, 2.45) is 0 Å². The maximum absolute atomic E-state index is 12.7. The van der Waals surface area contributed by atoms with Gasteiger partial charge < -0.3 is 5.32 Å². The van der Waals surface area contributed by atoms with Crippen LogP contribution in [-0.2, 0) is 11.3 Å². The number of nitrogens with zero attached hydrogens (tertiary/aromatic N) is 5. The van der Waals surface area contributed by atoms with Gasteiger partial charge in [-0.15, -0.1) is 0 Å². The van der Waals surface area contributed by atoms with Crippen LogP contribution in [0.4, 0.5) is 5.69 Å². The number of fused-ring (bicyclic) bond motifs is 1. The average Bonchev–Trinajstić information content (AvgIpc) is 3.25. The standard InChI is InChI=1S/C20H21N7OS/c1-12(2)27-18-15(9-22-27)8-16(10-21-18)23-17(28)11-26-19(24-25-20(26)29)14-6-4-5-13(3)7-14/h4-10,12H,11H2,1-3H3,(H,23,28)(H,25,29). The molecule has 3 heterocycles. The molecule has 0 saturated heterocycles. The molecule has 0 radical (unpaired) electrons. The Morgan fingerprint density at radius 1 is 1.28 bits per heavy atom. The number of aromatic nitrogens is 6. The lowest BCUT2D eigenvalue weighted by Crippen LogP contribution is -2.19. The first-order valence-corrected chi connectivity index (χ1v) is 9.68. The molecule has 3 aromatic heterocycles. The lowest BCUT2D eigenvalue weighted by atomic mass is 10.1. The van der Waals surface area contributed by atoms with Gasteiger partial charge in [-0.25, -0.2) is 9.67 Å². The van der Waals surface area contributed by atoms with E-state index in [0.29, 0.717) is 16.3 Å². The van der Waals surface area contributed by atoms with Crippen molar-refractivity contribution in [3.05, 3.63) is 53.1 Å². The number of aryl methyl sites for hydroxylation is 1. The van der Waals surface area contributed by atoms with Crippen LogP contribution in [0.3, 0.4) is 0 Å². The van der Waals surface area contributed by atoms with Gasteiger partial charge in [-0.3, -0.25) is 14.5 Å². The molecule has 1 aromatic carbocycles. The van der Waals surface area contributed by atoms with Crippen LogP contribution >= 0.6 is 12.2 Å². The number of aromatic amines is 1. The van der Waals surface area contributed by atoms with E-state index in [1.807, 2.05) is 55.8 Å². The topological polar surface area (TPSA) is 93.4 Å². The molecule has 1 amide bonds. The Hall–Kier alpha value is -3.33. The molecule has 4 aromatic rings. The number of rotatable bonds is 5. The van der Waals surface area contributed by atoms with E-state index < -0.39 is 0 Å². The first-order valence-electron chi connectivity index (χ1n) is 9.28. The van der Waals surface area contributed by atoms with Gasteiger partial charge in [-0.1, -0.05) is 23.8 Å². The molecule has 9 heteroatoms. The maximum Gasteiger partial charge on any atom is 0.244 e. The summed E-state index contributed by atoms with van der Waals surface area (Å²) in [6.07, 6.45) is 3.39. The zero-order valence-corrected chi connectivity index (χ0v) is 17.2. The zero-order chi connectivity index (χ0) is 20.5. The molecule has 0 saturated carbocycles. The van der Waals surface area contributed by atoms with Gasteiger partial charge in [0.25, 0.3) is 0 Å². The van der Waals surface area contributed by atoms with Crippen LogP contribution in [-0.4, -0.2) is 35.4 Å². The second-order valence-electron chi connectivity index (χ2n) is 7.18. The third kappa shape index (κ3) is 3.81. The van der Waals surface area contributed by atoms with Crippen molar-refractivity contribution in [1.29, 1.82) is 0 Å². The Morgan fingerprint density at radius 2 is 2.10 bits per heavy atom. The van der Waals surface area contributed by atoms with E-state index in [1.165, 1.54) is 0 Å². The molecule has 8 nitrogen and oxygen atoms in total. The number of pyridine rings is 1. The van der Waals surface area contributed by atoms with Crippen LogP contribution < -0.4 is 5.32 Å². The summed E-state index contributed by atoms with van der Waals surface area (Å²) in [6.45, 7) is 6.14. The molecule has 0 aliphatic rings. The quantitative estimate of drug-likeness (QED) is 0.490. The van der Waals surface area contributed by atoms with E-state index in [4.69, 9.17) is 12.2 Å². The molecule has 2 N–H and O–H groups in total. The highest BCUT2D eigenvalue weighted by Gasteiger charge is 2.14. The summed E-state index contributed by atoms with van der Waals surface area (Å²) in [6, 6.07) is 9.98. The van der Waals surface area contributed by atoms with Crippen molar-refractivity contribution < 1.29 is 4.79 Å². The minimum absolute atomic E-state index is 0.0436. The van der Waals surface area contributed by atoms with Crippen LogP contribution in [0.15, 0.2) is 42.7 Å². The predicted octanol–water partition coefficient (Wildman–Crippen LogP) is 3.88. The van der Waals surface area contributed by atoms with Gasteiger partial charge in [0.15, 0.2) is 16.2 Å². The minimum atomic E-state index is -0.214. The van der Waals surface area contributed by atoms with Gasteiger partial charge in [-0.05, 0) is 45.1 Å². The molecule has 0 bridgehead atoms. The van der Waals surface area contributed by atoms with Crippen molar-refractivity contribution in [2.45, 2.75) is 33.4 Å². The summed E-state index contributed by atoms with van der Waals surface area (Å²) in [5.74, 6) is 0.412. The van der Waals surface area contributed by atoms with Crippen molar-refractivity contribution in [2.75, 3.05) is 5.32 Å². The van der Waals surface area contributed by atoms with Gasteiger partial charge in [0, 0.05) is 17.0 Å². The molecule has 0 aliphatic carbocycles. The number of H-pyrrole nitrogens is 1. The van der Waals surface area contributed by atoms with Crippen LogP contribution in [0.5, 0.6) is 0 Å². The number of nitrogens with one attached hydrogen (secondary N) is 2. The highest BCUT2D eigenvalue weighted by molar-refractivity contribution is 7.71. The molecule has 0 atom stereocenters. The highest BCUT2D eigenvalue weighted by atomic mass is 32.1. The Morgan fingerprint density at radius 3 is 2.86 bits per heavy atom. The lowest BCUT2D eigenvalue weighted by Gasteiger charge is -2.09. The molecule has 148 valence electrons. The summed E-state index contributed by atoms with van der Waals surface area (Å²) in [4.78, 5) is 17.1. The Balaban J connectivity index is 1.56. The Labute approximate surface area is 172 Å². The van der Waals surface area contributed by atoms with Gasteiger partial charge >= 0.3 is 0 Å². The fraction of sp³-hybridized carbons (Fsp3) is 0.250. The Bertz CT molecular complexity index is 1250. The van der Waals surface area contributed by atoms with Crippen LogP contribution in [0.1, 0.15) is 25.5 Å². The molecule has 29 heavy (non-hydrogen) atoms. The van der Waals surface area contributed by atoms with Gasteiger partial charge in [0.1, 0.15) is 6.54 Å². The van der Waals surface area contributed by atoms with Crippen LogP contribution in [0.2, 0.25) is 0 Å². The monoisotopic (exact) mass is 407 g/mol. The van der Waals surface area contributed by atoms with E-state index in [0.717, 1.165) is 22.2 Å². The maximum atomic E-state index is 12.7. The molecule has 0 aliphatic heterocycles. The minimum Gasteiger partial charge on any atom is -0.323 e. The molecular weight excluding hydrogens is 386 g/mol. The van der Waals surface area contributed by atoms with Gasteiger partial charge in [0.05, 0.1) is 18.1 Å². The highest BCUT2D eigenvalue weighted by Crippen LogP contribution is 2.20. The van der Waals surface area contributed by atoms with Crippen LogP contribution in [0.25, 0.3) is 22.4 Å². The second kappa shape index (κ2) is 7.59. The Kier molecular flexibility index (Phi) is 4.98. The molecule has 0 spiro atoms. The smallest absolute Gasteiger partial charge is 0.244 e. The van der Waals surface area contributed by atoms with Crippen molar-refractivity contribution in [1.82, 2.24) is 29.5 Å². The van der Waals surface area contributed by atoms with E-state index in [1.54, 1.807) is 17.0 Å². The zero-order valence-electron chi connectivity index (χ0n) is 16.4. The fourth-order valence-corrected chi connectivity index (χ4v) is 3.40. The second-order valence-corrected chi connectivity index (χ2v) is 7.56. The van der Waals surface area contributed by atoms with Crippen molar-refractivity contribution in [3.8, 4) is 11.4 Å². The summed E-state index contributed by atoms with van der Waals surface area (Å²) in [5, 5.41) is 15.2. The summed E-state index contributed by atoms with van der Waals surface area (Å²) < 4.78 is 3.92. The fourth-order valence-electron chi connectivity index (χ4n) is 3.20. The summed E-state index contributed by atoms with van der Waals surface area (Å²) >= 11 is 5.32. The van der Waals surface area contributed by atoms with E-state index in [9.17, 15) is 4.79 Å². The van der Waals surface area contributed by atoms with E-state index in [-0.39, 0.29) is 18.5 Å². The van der Waals surface area contributed by atoms with Gasteiger partial charge in [0.2, 0.25) is 5.91 Å². The van der Waals surface area contributed by atoms with E-state index >= 15 is 0 Å². The number of hydrogen-bond acceptors (Lipinski definition) is 5. The SMILES string of the molecule is Cc1cccc(-c2n[nH]c(=S)n2CC(=O)Nc2cnc3c(cnn3C(C)C)c2)c1. The molecular formula is C20H21N7OS. The van der Waals surface area contributed by atoms with Crippen molar-refractivity contribution in [3.63, 3.8) is 0 Å². The number of amides is 1.